The van der Waals surface area contributed by atoms with Crippen LogP contribution in [-0.4, -0.2) is 33.1 Å². The number of ether oxygens (including phenoxy) is 1. The average molecular weight is 291 g/mol. The lowest BCUT2D eigenvalue weighted by Gasteiger charge is -2.20. The van der Waals surface area contributed by atoms with Gasteiger partial charge in [-0.2, -0.15) is 0 Å². The first-order chi connectivity index (χ1) is 9.74. The fraction of sp³-hybridized carbons (Fsp3) is 0.438. The third-order valence-corrected chi connectivity index (χ3v) is 3.17. The number of aromatic nitrogens is 1. The summed E-state index contributed by atoms with van der Waals surface area (Å²) in [7, 11) is 0. The Bertz CT molecular complexity index is 667. The van der Waals surface area contributed by atoms with Gasteiger partial charge < -0.3 is 14.9 Å². The summed E-state index contributed by atoms with van der Waals surface area (Å²) in [5.41, 5.74) is 1.39. The van der Waals surface area contributed by atoms with E-state index in [1.807, 2.05) is 26.8 Å². The fourth-order valence-corrected chi connectivity index (χ4v) is 2.32. The number of rotatable bonds is 2. The lowest BCUT2D eigenvalue weighted by molar-refractivity contribution is 0.0541. The standard InChI is InChI=1S/C16H21NO4/c1-10-8-12-11(14(19)9-18)6-5-7-13(12)17(10)15(20)21-16(2,3)4/h5-8,14,18-19H,9H2,1-4H3/t14-/m1/s1. The van der Waals surface area contributed by atoms with E-state index in [-0.39, 0.29) is 6.61 Å². The van der Waals surface area contributed by atoms with Crippen molar-refractivity contribution in [3.63, 3.8) is 0 Å². The Morgan fingerprint density at radius 2 is 2.05 bits per heavy atom. The second kappa shape index (κ2) is 5.50. The van der Waals surface area contributed by atoms with Gasteiger partial charge in [-0.05, 0) is 45.4 Å². The fourth-order valence-electron chi connectivity index (χ4n) is 2.32. The number of aliphatic hydroxyl groups excluding tert-OH is 2. The highest BCUT2D eigenvalue weighted by atomic mass is 16.6. The van der Waals surface area contributed by atoms with Crippen LogP contribution in [0.3, 0.4) is 0 Å². The van der Waals surface area contributed by atoms with E-state index >= 15 is 0 Å². The van der Waals surface area contributed by atoms with E-state index in [1.54, 1.807) is 25.1 Å². The summed E-state index contributed by atoms with van der Waals surface area (Å²) in [5.74, 6) is 0. The van der Waals surface area contributed by atoms with E-state index < -0.39 is 17.8 Å². The Morgan fingerprint density at radius 1 is 1.38 bits per heavy atom. The summed E-state index contributed by atoms with van der Waals surface area (Å²) in [5, 5.41) is 19.8. The van der Waals surface area contributed by atoms with Gasteiger partial charge in [-0.1, -0.05) is 12.1 Å². The molecular formula is C16H21NO4. The largest absolute Gasteiger partial charge is 0.443 e. The van der Waals surface area contributed by atoms with Crippen molar-refractivity contribution in [1.29, 1.82) is 0 Å². The third-order valence-electron chi connectivity index (χ3n) is 3.17. The van der Waals surface area contributed by atoms with Gasteiger partial charge in [0.2, 0.25) is 0 Å². The number of hydrogen-bond acceptors (Lipinski definition) is 4. The lowest BCUT2D eigenvalue weighted by atomic mass is 10.1. The number of carbonyl (C=O) groups is 1. The van der Waals surface area contributed by atoms with Crippen molar-refractivity contribution in [3.05, 3.63) is 35.5 Å². The topological polar surface area (TPSA) is 71.7 Å². The molecule has 1 heterocycles. The number of aliphatic hydroxyl groups is 2. The molecule has 0 bridgehead atoms. The van der Waals surface area contributed by atoms with Crippen molar-refractivity contribution in [1.82, 2.24) is 4.57 Å². The van der Waals surface area contributed by atoms with Crippen molar-refractivity contribution in [2.75, 3.05) is 6.61 Å². The molecule has 2 N–H and O–H groups in total. The molecule has 1 aromatic carbocycles. The minimum atomic E-state index is -0.970. The maximum atomic E-state index is 12.3. The molecular weight excluding hydrogens is 270 g/mol. The van der Waals surface area contributed by atoms with Gasteiger partial charge in [0.05, 0.1) is 12.1 Å². The third kappa shape index (κ3) is 3.09. The molecule has 0 radical (unpaired) electrons. The van der Waals surface area contributed by atoms with Gasteiger partial charge in [-0.15, -0.1) is 0 Å². The van der Waals surface area contributed by atoms with Gasteiger partial charge in [-0.3, -0.25) is 0 Å². The molecule has 0 aliphatic carbocycles. The Hall–Kier alpha value is -1.85. The van der Waals surface area contributed by atoms with Gasteiger partial charge in [0.1, 0.15) is 11.7 Å². The van der Waals surface area contributed by atoms with Gasteiger partial charge >= 0.3 is 6.09 Å². The van der Waals surface area contributed by atoms with Gasteiger partial charge in [0.15, 0.2) is 0 Å². The highest BCUT2D eigenvalue weighted by Crippen LogP contribution is 2.28. The molecule has 2 rings (SSSR count). The summed E-state index contributed by atoms with van der Waals surface area (Å²) < 4.78 is 6.89. The van der Waals surface area contributed by atoms with E-state index in [2.05, 4.69) is 0 Å². The Balaban J connectivity index is 2.56. The van der Waals surface area contributed by atoms with Crippen molar-refractivity contribution in [3.8, 4) is 0 Å². The van der Waals surface area contributed by atoms with Crippen LogP contribution in [0.5, 0.6) is 0 Å². The first-order valence-electron chi connectivity index (χ1n) is 6.88. The van der Waals surface area contributed by atoms with E-state index in [1.165, 1.54) is 4.57 Å². The molecule has 0 spiro atoms. The van der Waals surface area contributed by atoms with Gasteiger partial charge in [-0.25, -0.2) is 9.36 Å². The van der Waals surface area contributed by atoms with Gasteiger partial charge in [0.25, 0.3) is 0 Å². The molecule has 5 heteroatoms. The van der Waals surface area contributed by atoms with Crippen molar-refractivity contribution in [2.24, 2.45) is 0 Å². The molecule has 0 unspecified atom stereocenters. The second-order valence-corrected chi connectivity index (χ2v) is 6.08. The molecule has 0 saturated heterocycles. The molecule has 0 fully saturated rings. The van der Waals surface area contributed by atoms with Crippen LogP contribution in [0.15, 0.2) is 24.3 Å². The monoisotopic (exact) mass is 291 g/mol. The van der Waals surface area contributed by atoms with Crippen LogP contribution in [0.25, 0.3) is 10.9 Å². The van der Waals surface area contributed by atoms with Crippen LogP contribution in [0, 0.1) is 6.92 Å². The number of hydrogen-bond donors (Lipinski definition) is 2. The molecule has 1 aromatic heterocycles. The summed E-state index contributed by atoms with van der Waals surface area (Å²) >= 11 is 0. The average Bonchev–Trinajstić information content (AvgIpc) is 2.71. The van der Waals surface area contributed by atoms with Crippen molar-refractivity contribution in [2.45, 2.75) is 39.4 Å². The predicted octanol–water partition coefficient (Wildman–Crippen LogP) is 2.76. The maximum Gasteiger partial charge on any atom is 0.419 e. The molecule has 0 saturated carbocycles. The summed E-state index contributed by atoms with van der Waals surface area (Å²) in [6, 6.07) is 7.09. The molecule has 5 nitrogen and oxygen atoms in total. The first kappa shape index (κ1) is 15.5. The van der Waals surface area contributed by atoms with E-state index in [0.717, 1.165) is 11.1 Å². The van der Waals surface area contributed by atoms with Crippen LogP contribution in [0.4, 0.5) is 4.79 Å². The molecule has 21 heavy (non-hydrogen) atoms. The van der Waals surface area contributed by atoms with Crippen LogP contribution < -0.4 is 0 Å². The summed E-state index contributed by atoms with van der Waals surface area (Å²) in [4.78, 5) is 12.3. The van der Waals surface area contributed by atoms with Crippen molar-refractivity contribution >= 4 is 17.0 Å². The lowest BCUT2D eigenvalue weighted by Crippen LogP contribution is -2.27. The number of aryl methyl sites for hydroxylation is 1. The predicted molar refractivity (Wildman–Crippen MR) is 80.4 cm³/mol. The zero-order valence-corrected chi connectivity index (χ0v) is 12.8. The van der Waals surface area contributed by atoms with Crippen molar-refractivity contribution < 1.29 is 19.7 Å². The number of benzene rings is 1. The van der Waals surface area contributed by atoms with Gasteiger partial charge in [0, 0.05) is 11.1 Å². The summed E-state index contributed by atoms with van der Waals surface area (Å²) in [6.45, 7) is 6.88. The quantitative estimate of drug-likeness (QED) is 0.892. The highest BCUT2D eigenvalue weighted by Gasteiger charge is 2.22. The number of carbonyl (C=O) groups excluding carboxylic acids is 1. The molecule has 2 aromatic rings. The SMILES string of the molecule is Cc1cc2c([C@H](O)CO)cccc2n1C(=O)OC(C)(C)C. The molecule has 114 valence electrons. The smallest absolute Gasteiger partial charge is 0.419 e. The number of fused-ring (bicyclic) bond motifs is 1. The Morgan fingerprint density at radius 3 is 2.62 bits per heavy atom. The Labute approximate surface area is 123 Å². The van der Waals surface area contributed by atoms with Crippen LogP contribution >= 0.6 is 0 Å². The molecule has 0 aliphatic heterocycles. The Kier molecular flexibility index (Phi) is 4.07. The summed E-state index contributed by atoms with van der Waals surface area (Å²) in [6.07, 6.45) is -1.42. The minimum Gasteiger partial charge on any atom is -0.443 e. The zero-order valence-electron chi connectivity index (χ0n) is 12.8. The van der Waals surface area contributed by atoms with Crippen LogP contribution in [0.2, 0.25) is 0 Å². The van der Waals surface area contributed by atoms with E-state index in [4.69, 9.17) is 9.84 Å². The molecule has 1 atom stereocenters. The first-order valence-corrected chi connectivity index (χ1v) is 6.88. The maximum absolute atomic E-state index is 12.3. The second-order valence-electron chi connectivity index (χ2n) is 6.08. The van der Waals surface area contributed by atoms with E-state index in [0.29, 0.717) is 11.1 Å². The van der Waals surface area contributed by atoms with Crippen LogP contribution in [-0.2, 0) is 4.74 Å². The van der Waals surface area contributed by atoms with Crippen LogP contribution in [0.1, 0.15) is 38.1 Å². The van der Waals surface area contributed by atoms with E-state index in [9.17, 15) is 9.90 Å². The molecule has 0 amide bonds. The normalized spacial score (nSPS) is 13.4. The molecule has 0 aliphatic rings. The minimum absolute atomic E-state index is 0.365. The number of nitrogens with zero attached hydrogens (tertiary/aromatic N) is 1. The zero-order chi connectivity index (χ0) is 15.8. The highest BCUT2D eigenvalue weighted by molar-refractivity contribution is 5.93.